The van der Waals surface area contributed by atoms with E-state index in [0.717, 1.165) is 11.3 Å². The molecule has 0 atom stereocenters. The monoisotopic (exact) mass is 291 g/mol. The van der Waals surface area contributed by atoms with E-state index in [0.29, 0.717) is 22.2 Å². The quantitative estimate of drug-likeness (QED) is 0.838. The lowest BCUT2D eigenvalue weighted by atomic mass is 10.1. The first-order chi connectivity index (χ1) is 9.20. The fraction of sp³-hybridized carbons (Fsp3) is 0.0714. The van der Waals surface area contributed by atoms with Crippen LogP contribution in [0.25, 0.3) is 0 Å². The number of halogens is 2. The molecule has 0 saturated carbocycles. The van der Waals surface area contributed by atoms with Crippen LogP contribution in [0.2, 0.25) is 10.0 Å². The summed E-state index contributed by atoms with van der Waals surface area (Å²) in [6, 6.07) is 14.9. The fourth-order valence-electron chi connectivity index (χ4n) is 1.59. The number of nitrogens with one attached hydrogen (secondary N) is 2. The van der Waals surface area contributed by atoms with Crippen LogP contribution in [0, 0.1) is 11.3 Å². The van der Waals surface area contributed by atoms with Gasteiger partial charge in [-0.1, -0.05) is 41.4 Å². The molecule has 0 saturated heterocycles. The number of hydrogen-bond acceptors (Lipinski definition) is 3. The fourth-order valence-corrected chi connectivity index (χ4v) is 2.21. The van der Waals surface area contributed by atoms with E-state index in [1.165, 1.54) is 0 Å². The number of hydrazine groups is 1. The van der Waals surface area contributed by atoms with Gasteiger partial charge in [0.15, 0.2) is 0 Å². The molecule has 2 rings (SSSR count). The topological polar surface area (TPSA) is 47.9 Å². The van der Waals surface area contributed by atoms with Crippen molar-refractivity contribution < 1.29 is 0 Å². The third kappa shape index (κ3) is 3.62. The van der Waals surface area contributed by atoms with E-state index in [1.807, 2.05) is 36.4 Å². The first kappa shape index (κ1) is 13.7. The lowest BCUT2D eigenvalue weighted by molar-refractivity contribution is 0.801. The van der Waals surface area contributed by atoms with Gasteiger partial charge >= 0.3 is 0 Å². The van der Waals surface area contributed by atoms with Crippen LogP contribution in [0.15, 0.2) is 42.5 Å². The molecule has 0 bridgehead atoms. The standard InChI is InChI=1S/C14H11Cl2N3/c15-13-6-10(8-17)7-14(16)12(13)9-18-19-11-4-2-1-3-5-11/h1-7,18-19H,9H2. The highest BCUT2D eigenvalue weighted by Gasteiger charge is 2.07. The minimum atomic E-state index is 0.453. The maximum absolute atomic E-state index is 8.81. The van der Waals surface area contributed by atoms with Crippen LogP contribution in [-0.4, -0.2) is 0 Å². The smallest absolute Gasteiger partial charge is 0.0992 e. The van der Waals surface area contributed by atoms with Crippen molar-refractivity contribution in [2.75, 3.05) is 5.43 Å². The van der Waals surface area contributed by atoms with Gasteiger partial charge in [0.2, 0.25) is 0 Å². The molecule has 0 aliphatic carbocycles. The lowest BCUT2D eigenvalue weighted by Crippen LogP contribution is -2.21. The second kappa shape index (κ2) is 6.44. The Morgan fingerprint density at radius 3 is 2.26 bits per heavy atom. The minimum absolute atomic E-state index is 0.453. The summed E-state index contributed by atoms with van der Waals surface area (Å²) in [7, 11) is 0. The Morgan fingerprint density at radius 2 is 1.68 bits per heavy atom. The third-order valence-electron chi connectivity index (χ3n) is 2.54. The predicted octanol–water partition coefficient (Wildman–Crippen LogP) is 3.98. The van der Waals surface area contributed by atoms with Gasteiger partial charge in [-0.2, -0.15) is 5.26 Å². The Labute approximate surface area is 121 Å². The zero-order chi connectivity index (χ0) is 13.7. The van der Waals surface area contributed by atoms with Gasteiger partial charge < -0.3 is 5.43 Å². The van der Waals surface area contributed by atoms with Gasteiger partial charge in [0, 0.05) is 27.8 Å². The maximum atomic E-state index is 8.81. The molecule has 0 fully saturated rings. The Morgan fingerprint density at radius 1 is 1.05 bits per heavy atom. The van der Waals surface area contributed by atoms with Crippen molar-refractivity contribution >= 4 is 28.9 Å². The van der Waals surface area contributed by atoms with E-state index >= 15 is 0 Å². The average Bonchev–Trinajstić information content (AvgIpc) is 2.42. The van der Waals surface area contributed by atoms with Gasteiger partial charge in [0.25, 0.3) is 0 Å². The van der Waals surface area contributed by atoms with Crippen molar-refractivity contribution in [3.63, 3.8) is 0 Å². The highest BCUT2D eigenvalue weighted by Crippen LogP contribution is 2.26. The first-order valence-corrected chi connectivity index (χ1v) is 6.38. The van der Waals surface area contributed by atoms with Crippen molar-refractivity contribution in [2.45, 2.75) is 6.54 Å². The van der Waals surface area contributed by atoms with Crippen molar-refractivity contribution in [3.8, 4) is 6.07 Å². The highest BCUT2D eigenvalue weighted by atomic mass is 35.5. The first-order valence-electron chi connectivity index (χ1n) is 5.62. The molecule has 0 aliphatic rings. The van der Waals surface area contributed by atoms with Gasteiger partial charge in [0.1, 0.15) is 0 Å². The van der Waals surface area contributed by atoms with Crippen LogP contribution in [0.5, 0.6) is 0 Å². The number of rotatable bonds is 4. The van der Waals surface area contributed by atoms with E-state index in [2.05, 4.69) is 10.9 Å². The van der Waals surface area contributed by atoms with Crippen molar-refractivity contribution in [1.29, 1.82) is 5.26 Å². The summed E-state index contributed by atoms with van der Waals surface area (Å²) < 4.78 is 0. The minimum Gasteiger partial charge on any atom is -0.321 e. The second-order valence-electron chi connectivity index (χ2n) is 3.87. The summed E-state index contributed by atoms with van der Waals surface area (Å²) in [5.41, 5.74) is 8.24. The van der Waals surface area contributed by atoms with Crippen LogP contribution in [0.4, 0.5) is 5.69 Å². The Hall–Kier alpha value is -1.73. The van der Waals surface area contributed by atoms with Gasteiger partial charge in [-0.05, 0) is 24.3 Å². The van der Waals surface area contributed by atoms with Gasteiger partial charge in [0.05, 0.1) is 11.6 Å². The molecule has 2 aromatic carbocycles. The number of para-hydroxylation sites is 1. The summed E-state index contributed by atoms with van der Waals surface area (Å²) in [6.45, 7) is 0.457. The van der Waals surface area contributed by atoms with Crippen LogP contribution in [0.1, 0.15) is 11.1 Å². The molecule has 0 aromatic heterocycles. The van der Waals surface area contributed by atoms with Gasteiger partial charge in [-0.25, -0.2) is 5.43 Å². The SMILES string of the molecule is N#Cc1cc(Cl)c(CNNc2ccccc2)c(Cl)c1. The number of anilines is 1. The molecular formula is C14H11Cl2N3. The predicted molar refractivity (Wildman–Crippen MR) is 78.1 cm³/mol. The Bertz CT molecular complexity index is 583. The Kier molecular flexibility index (Phi) is 4.64. The molecule has 0 amide bonds. The van der Waals surface area contributed by atoms with Gasteiger partial charge in [-0.3, -0.25) is 0 Å². The Balaban J connectivity index is 2.02. The molecule has 0 heterocycles. The molecule has 0 radical (unpaired) electrons. The molecule has 3 nitrogen and oxygen atoms in total. The van der Waals surface area contributed by atoms with Crippen molar-refractivity contribution in [2.24, 2.45) is 0 Å². The summed E-state index contributed by atoms with van der Waals surface area (Å²) in [6.07, 6.45) is 0. The molecule has 19 heavy (non-hydrogen) atoms. The average molecular weight is 292 g/mol. The zero-order valence-corrected chi connectivity index (χ0v) is 11.5. The zero-order valence-electron chi connectivity index (χ0n) is 9.95. The van der Waals surface area contributed by atoms with E-state index in [9.17, 15) is 0 Å². The van der Waals surface area contributed by atoms with Gasteiger partial charge in [-0.15, -0.1) is 0 Å². The van der Waals surface area contributed by atoms with Crippen molar-refractivity contribution in [3.05, 3.63) is 63.6 Å². The largest absolute Gasteiger partial charge is 0.321 e. The highest BCUT2D eigenvalue weighted by molar-refractivity contribution is 6.36. The number of nitriles is 1. The number of nitrogens with zero attached hydrogens (tertiary/aromatic N) is 1. The molecular weight excluding hydrogens is 281 g/mol. The second-order valence-corrected chi connectivity index (χ2v) is 4.69. The van der Waals surface area contributed by atoms with E-state index in [-0.39, 0.29) is 0 Å². The lowest BCUT2D eigenvalue weighted by Gasteiger charge is -2.11. The molecule has 5 heteroatoms. The van der Waals surface area contributed by atoms with E-state index in [1.54, 1.807) is 12.1 Å². The number of hydrogen-bond donors (Lipinski definition) is 2. The van der Waals surface area contributed by atoms with Crippen LogP contribution >= 0.6 is 23.2 Å². The molecule has 2 aromatic rings. The summed E-state index contributed by atoms with van der Waals surface area (Å²) in [5, 5.41) is 9.76. The van der Waals surface area contributed by atoms with Crippen LogP contribution < -0.4 is 10.9 Å². The summed E-state index contributed by atoms with van der Waals surface area (Å²) >= 11 is 12.2. The molecule has 0 aliphatic heterocycles. The molecule has 2 N–H and O–H groups in total. The van der Waals surface area contributed by atoms with E-state index < -0.39 is 0 Å². The maximum Gasteiger partial charge on any atom is 0.0992 e. The third-order valence-corrected chi connectivity index (χ3v) is 3.22. The summed E-state index contributed by atoms with van der Waals surface area (Å²) in [4.78, 5) is 0. The summed E-state index contributed by atoms with van der Waals surface area (Å²) in [5.74, 6) is 0. The van der Waals surface area contributed by atoms with Crippen LogP contribution in [0.3, 0.4) is 0 Å². The van der Waals surface area contributed by atoms with Crippen LogP contribution in [-0.2, 0) is 6.54 Å². The van der Waals surface area contributed by atoms with Crippen molar-refractivity contribution in [1.82, 2.24) is 5.43 Å². The normalized spacial score (nSPS) is 9.95. The molecule has 0 spiro atoms. The molecule has 96 valence electrons. The molecule has 0 unspecified atom stereocenters. The van der Waals surface area contributed by atoms with E-state index in [4.69, 9.17) is 28.5 Å². The number of benzene rings is 2.